The second-order valence-electron chi connectivity index (χ2n) is 5.12. The van der Waals surface area contributed by atoms with Gasteiger partial charge >= 0.3 is 0 Å². The Labute approximate surface area is 114 Å². The molecule has 1 aromatic rings. The van der Waals surface area contributed by atoms with E-state index >= 15 is 0 Å². The number of phenols is 1. The van der Waals surface area contributed by atoms with E-state index in [1.54, 1.807) is 12.1 Å². The van der Waals surface area contributed by atoms with Gasteiger partial charge in [-0.3, -0.25) is 0 Å². The van der Waals surface area contributed by atoms with Crippen molar-refractivity contribution >= 4 is 0 Å². The highest BCUT2D eigenvalue weighted by Gasteiger charge is 2.13. The van der Waals surface area contributed by atoms with Crippen LogP contribution in [-0.4, -0.2) is 22.9 Å². The van der Waals surface area contributed by atoms with Crippen LogP contribution in [0.2, 0.25) is 0 Å². The van der Waals surface area contributed by atoms with E-state index in [1.165, 1.54) is 32.1 Å². The first-order valence-corrected chi connectivity index (χ1v) is 7.09. The van der Waals surface area contributed by atoms with Crippen LogP contribution in [0, 0.1) is 0 Å². The number of aliphatic hydroxyl groups excluding tert-OH is 1. The second kappa shape index (κ2) is 7.48. The fourth-order valence-corrected chi connectivity index (χ4v) is 2.60. The van der Waals surface area contributed by atoms with Crippen LogP contribution in [-0.2, 0) is 17.9 Å². The number of hydrogen-bond donors (Lipinski definition) is 3. The number of rotatable bonds is 6. The molecule has 0 atom stereocenters. The van der Waals surface area contributed by atoms with Gasteiger partial charge in [-0.2, -0.15) is 5.48 Å². The molecule has 0 heterocycles. The molecule has 0 radical (unpaired) electrons. The monoisotopic (exact) mass is 265 g/mol. The first-order valence-electron chi connectivity index (χ1n) is 7.09. The highest BCUT2D eigenvalue weighted by Crippen LogP contribution is 2.21. The molecule has 0 aromatic heterocycles. The molecule has 106 valence electrons. The predicted molar refractivity (Wildman–Crippen MR) is 73.7 cm³/mol. The molecule has 3 N–H and O–H groups in total. The third kappa shape index (κ3) is 4.20. The molecule has 0 bridgehead atoms. The van der Waals surface area contributed by atoms with Gasteiger partial charge in [-0.25, -0.2) is 0 Å². The Morgan fingerprint density at radius 2 is 2.00 bits per heavy atom. The molecule has 0 aliphatic heterocycles. The zero-order valence-electron chi connectivity index (χ0n) is 11.3. The zero-order chi connectivity index (χ0) is 13.5. The molecule has 19 heavy (non-hydrogen) atoms. The molecule has 0 saturated heterocycles. The smallest absolute Gasteiger partial charge is 0.121 e. The molecule has 1 aliphatic carbocycles. The highest BCUT2D eigenvalue weighted by atomic mass is 16.6. The Morgan fingerprint density at radius 3 is 2.74 bits per heavy atom. The van der Waals surface area contributed by atoms with Crippen molar-refractivity contribution < 1.29 is 15.1 Å². The Kier molecular flexibility index (Phi) is 5.63. The van der Waals surface area contributed by atoms with Crippen molar-refractivity contribution in [1.82, 2.24) is 5.48 Å². The molecule has 0 unspecified atom stereocenters. The van der Waals surface area contributed by atoms with Gasteiger partial charge in [-0.15, -0.1) is 0 Å². The van der Waals surface area contributed by atoms with Gasteiger partial charge < -0.3 is 15.1 Å². The molecule has 4 nitrogen and oxygen atoms in total. The van der Waals surface area contributed by atoms with Gasteiger partial charge in [0, 0.05) is 11.6 Å². The fraction of sp³-hybridized carbons (Fsp3) is 0.600. The van der Waals surface area contributed by atoms with Crippen LogP contribution in [0.5, 0.6) is 5.75 Å². The molecular weight excluding hydrogens is 242 g/mol. The van der Waals surface area contributed by atoms with Crippen LogP contribution in [0.15, 0.2) is 18.2 Å². The number of aromatic hydroxyl groups is 1. The molecule has 0 spiro atoms. The SMILES string of the molecule is OCc1c(O)cccc1CCONC1CCCCC1. The maximum Gasteiger partial charge on any atom is 0.121 e. The second-order valence-corrected chi connectivity index (χ2v) is 5.12. The molecule has 2 rings (SSSR count). The van der Waals surface area contributed by atoms with E-state index < -0.39 is 0 Å². The number of hydroxylamine groups is 1. The quantitative estimate of drug-likeness (QED) is 0.545. The number of nitrogens with one attached hydrogen (secondary N) is 1. The Bertz CT molecular complexity index is 389. The van der Waals surface area contributed by atoms with Crippen molar-refractivity contribution in [3.63, 3.8) is 0 Å². The van der Waals surface area contributed by atoms with Crippen LogP contribution in [0.3, 0.4) is 0 Å². The fourth-order valence-electron chi connectivity index (χ4n) is 2.60. The van der Waals surface area contributed by atoms with Crippen LogP contribution in [0.4, 0.5) is 0 Å². The molecule has 1 saturated carbocycles. The van der Waals surface area contributed by atoms with Gasteiger partial charge in [-0.05, 0) is 30.9 Å². The topological polar surface area (TPSA) is 61.7 Å². The van der Waals surface area contributed by atoms with Crippen molar-refractivity contribution in [3.8, 4) is 5.75 Å². The number of hydrogen-bond acceptors (Lipinski definition) is 4. The van der Waals surface area contributed by atoms with E-state index in [-0.39, 0.29) is 12.4 Å². The standard InChI is InChI=1S/C15H23NO3/c17-11-14-12(5-4-8-15(14)18)9-10-19-16-13-6-2-1-3-7-13/h4-5,8,13,16-18H,1-3,6-7,9-11H2. The van der Waals surface area contributed by atoms with E-state index in [0.717, 1.165) is 5.56 Å². The van der Waals surface area contributed by atoms with Crippen molar-refractivity contribution in [1.29, 1.82) is 0 Å². The summed E-state index contributed by atoms with van der Waals surface area (Å²) in [5, 5.41) is 18.9. The maximum absolute atomic E-state index is 9.64. The van der Waals surface area contributed by atoms with Crippen molar-refractivity contribution in [2.45, 2.75) is 51.2 Å². The molecule has 1 aliphatic rings. The summed E-state index contributed by atoms with van der Waals surface area (Å²) >= 11 is 0. The van der Waals surface area contributed by atoms with Gasteiger partial charge in [0.2, 0.25) is 0 Å². The largest absolute Gasteiger partial charge is 0.508 e. The average molecular weight is 265 g/mol. The van der Waals surface area contributed by atoms with E-state index in [0.29, 0.717) is 24.6 Å². The van der Waals surface area contributed by atoms with E-state index in [4.69, 9.17) is 4.84 Å². The minimum atomic E-state index is -0.141. The summed E-state index contributed by atoms with van der Waals surface area (Å²) in [5.41, 5.74) is 4.66. The summed E-state index contributed by atoms with van der Waals surface area (Å²) in [6, 6.07) is 5.78. The summed E-state index contributed by atoms with van der Waals surface area (Å²) in [6.07, 6.45) is 6.96. The summed E-state index contributed by atoms with van der Waals surface area (Å²) in [7, 11) is 0. The average Bonchev–Trinajstić information content (AvgIpc) is 2.45. The normalized spacial score (nSPS) is 16.7. The first-order chi connectivity index (χ1) is 9.31. The number of benzene rings is 1. The third-order valence-electron chi connectivity index (χ3n) is 3.74. The van der Waals surface area contributed by atoms with Gasteiger partial charge in [0.25, 0.3) is 0 Å². The van der Waals surface area contributed by atoms with Crippen LogP contribution in [0.1, 0.15) is 43.2 Å². The van der Waals surface area contributed by atoms with Crippen molar-refractivity contribution in [2.24, 2.45) is 0 Å². The van der Waals surface area contributed by atoms with Crippen LogP contribution in [0.25, 0.3) is 0 Å². The molecule has 0 amide bonds. The molecular formula is C15H23NO3. The lowest BCUT2D eigenvalue weighted by molar-refractivity contribution is 0.00887. The summed E-state index contributed by atoms with van der Waals surface area (Å²) in [5.74, 6) is 0.153. The van der Waals surface area contributed by atoms with Gasteiger partial charge in [-0.1, -0.05) is 31.4 Å². The first kappa shape index (κ1) is 14.3. The summed E-state index contributed by atoms with van der Waals surface area (Å²) < 4.78 is 0. The third-order valence-corrected chi connectivity index (χ3v) is 3.74. The van der Waals surface area contributed by atoms with Gasteiger partial charge in [0.05, 0.1) is 13.2 Å². The van der Waals surface area contributed by atoms with Gasteiger partial charge in [0.15, 0.2) is 0 Å². The summed E-state index contributed by atoms with van der Waals surface area (Å²) in [4.78, 5) is 5.50. The minimum absolute atomic E-state index is 0.141. The predicted octanol–water partition coefficient (Wildman–Crippen LogP) is 2.28. The van der Waals surface area contributed by atoms with Crippen molar-refractivity contribution in [3.05, 3.63) is 29.3 Å². The Balaban J connectivity index is 1.74. The molecule has 1 fully saturated rings. The van der Waals surface area contributed by atoms with Crippen molar-refractivity contribution in [2.75, 3.05) is 6.61 Å². The molecule has 4 heteroatoms. The van der Waals surface area contributed by atoms with Gasteiger partial charge in [0.1, 0.15) is 5.75 Å². The highest BCUT2D eigenvalue weighted by molar-refractivity contribution is 5.38. The van der Waals surface area contributed by atoms with E-state index in [9.17, 15) is 10.2 Å². The maximum atomic E-state index is 9.64. The molecule has 1 aromatic carbocycles. The minimum Gasteiger partial charge on any atom is -0.508 e. The lowest BCUT2D eigenvalue weighted by atomic mass is 9.96. The summed E-state index contributed by atoms with van der Waals surface area (Å²) in [6.45, 7) is 0.408. The van der Waals surface area contributed by atoms with E-state index in [2.05, 4.69) is 5.48 Å². The Morgan fingerprint density at radius 1 is 1.21 bits per heavy atom. The lowest BCUT2D eigenvalue weighted by Gasteiger charge is -2.22. The zero-order valence-corrected chi connectivity index (χ0v) is 11.3. The van der Waals surface area contributed by atoms with Crippen LogP contribution < -0.4 is 5.48 Å². The number of aliphatic hydroxyl groups is 1. The Hall–Kier alpha value is -1.10. The lowest BCUT2D eigenvalue weighted by Crippen LogP contribution is -2.31. The van der Waals surface area contributed by atoms with E-state index in [1.807, 2.05) is 6.07 Å². The van der Waals surface area contributed by atoms with Crippen LogP contribution >= 0.6 is 0 Å².